The molecule has 0 saturated carbocycles. The number of hydrogen-bond acceptors (Lipinski definition) is 5. The van der Waals surface area contributed by atoms with Gasteiger partial charge in [0.15, 0.2) is 5.13 Å². The lowest BCUT2D eigenvalue weighted by atomic mass is 10.1. The summed E-state index contributed by atoms with van der Waals surface area (Å²) >= 11 is 1.76. The van der Waals surface area contributed by atoms with E-state index in [0.717, 1.165) is 24.8 Å². The summed E-state index contributed by atoms with van der Waals surface area (Å²) in [6, 6.07) is 4.36. The maximum absolute atomic E-state index is 4.50. The highest BCUT2D eigenvalue weighted by molar-refractivity contribution is 7.15. The van der Waals surface area contributed by atoms with Gasteiger partial charge in [-0.2, -0.15) is 0 Å². The molecule has 0 aliphatic rings. The quantitative estimate of drug-likeness (QED) is 0.850. The van der Waals surface area contributed by atoms with Crippen molar-refractivity contribution in [1.82, 2.24) is 15.3 Å². The standard InChI is InChI=1S/C15H22N4S/c1-4-19(5-2)15-18-11-14(20-15)10-17-12(3)13-7-6-8-16-9-13/h6-9,11-12,17H,4-5,10H2,1-3H3/t12-/m0/s1. The fraction of sp³-hybridized carbons (Fsp3) is 0.467. The molecule has 2 rings (SSSR count). The molecule has 0 radical (unpaired) electrons. The maximum Gasteiger partial charge on any atom is 0.185 e. The van der Waals surface area contributed by atoms with Gasteiger partial charge < -0.3 is 10.2 Å². The molecule has 1 atom stereocenters. The van der Waals surface area contributed by atoms with Gasteiger partial charge >= 0.3 is 0 Å². The van der Waals surface area contributed by atoms with E-state index in [-0.39, 0.29) is 0 Å². The van der Waals surface area contributed by atoms with Gasteiger partial charge in [0, 0.05) is 49.1 Å². The number of rotatable bonds is 7. The van der Waals surface area contributed by atoms with Crippen LogP contribution >= 0.6 is 11.3 Å². The van der Waals surface area contributed by atoms with E-state index < -0.39 is 0 Å². The van der Waals surface area contributed by atoms with Crippen LogP contribution in [0.3, 0.4) is 0 Å². The van der Waals surface area contributed by atoms with Crippen molar-refractivity contribution in [3.05, 3.63) is 41.2 Å². The Morgan fingerprint density at radius 2 is 2.10 bits per heavy atom. The molecule has 0 spiro atoms. The van der Waals surface area contributed by atoms with Crippen LogP contribution in [-0.4, -0.2) is 23.1 Å². The van der Waals surface area contributed by atoms with Crippen molar-refractivity contribution < 1.29 is 0 Å². The first-order valence-electron chi connectivity index (χ1n) is 7.07. The van der Waals surface area contributed by atoms with Crippen LogP contribution in [0.15, 0.2) is 30.7 Å². The van der Waals surface area contributed by atoms with E-state index in [9.17, 15) is 0 Å². The molecule has 5 heteroatoms. The van der Waals surface area contributed by atoms with Crippen LogP contribution in [0.2, 0.25) is 0 Å². The molecule has 0 aliphatic heterocycles. The lowest BCUT2D eigenvalue weighted by molar-refractivity contribution is 0.577. The van der Waals surface area contributed by atoms with Crippen molar-refractivity contribution in [2.45, 2.75) is 33.4 Å². The molecule has 2 aromatic heterocycles. The second-order valence-electron chi connectivity index (χ2n) is 4.67. The van der Waals surface area contributed by atoms with Gasteiger partial charge in [-0.25, -0.2) is 4.98 Å². The summed E-state index contributed by atoms with van der Waals surface area (Å²) in [4.78, 5) is 12.2. The van der Waals surface area contributed by atoms with Crippen LogP contribution in [0.1, 0.15) is 37.3 Å². The zero-order chi connectivity index (χ0) is 14.4. The van der Waals surface area contributed by atoms with E-state index in [1.807, 2.05) is 18.5 Å². The summed E-state index contributed by atoms with van der Waals surface area (Å²) in [6.45, 7) is 9.32. The molecule has 0 unspecified atom stereocenters. The molecule has 1 N–H and O–H groups in total. The number of thiazole rings is 1. The van der Waals surface area contributed by atoms with Crippen LogP contribution in [0.25, 0.3) is 0 Å². The fourth-order valence-corrected chi connectivity index (χ4v) is 3.01. The third-order valence-electron chi connectivity index (χ3n) is 3.34. The van der Waals surface area contributed by atoms with E-state index in [1.54, 1.807) is 17.5 Å². The number of anilines is 1. The van der Waals surface area contributed by atoms with Crippen LogP contribution in [0.5, 0.6) is 0 Å². The average Bonchev–Trinajstić information content (AvgIpc) is 2.96. The highest BCUT2D eigenvalue weighted by atomic mass is 32.1. The Morgan fingerprint density at radius 3 is 2.75 bits per heavy atom. The number of nitrogens with one attached hydrogen (secondary N) is 1. The molecule has 2 aromatic rings. The molecular weight excluding hydrogens is 268 g/mol. The van der Waals surface area contributed by atoms with Crippen molar-refractivity contribution >= 4 is 16.5 Å². The van der Waals surface area contributed by atoms with E-state index in [4.69, 9.17) is 0 Å². The molecule has 4 nitrogen and oxygen atoms in total. The Bertz CT molecular complexity index is 508. The minimum absolute atomic E-state index is 0.294. The molecule has 0 saturated heterocycles. The van der Waals surface area contributed by atoms with Crippen LogP contribution in [0, 0.1) is 0 Å². The largest absolute Gasteiger partial charge is 0.349 e. The Kier molecular flexibility index (Phi) is 5.49. The second kappa shape index (κ2) is 7.36. The van der Waals surface area contributed by atoms with Gasteiger partial charge in [-0.1, -0.05) is 6.07 Å². The monoisotopic (exact) mass is 290 g/mol. The minimum atomic E-state index is 0.294. The molecule has 0 aromatic carbocycles. The number of nitrogens with zero attached hydrogens (tertiary/aromatic N) is 3. The number of pyridine rings is 1. The highest BCUT2D eigenvalue weighted by Crippen LogP contribution is 2.22. The van der Waals surface area contributed by atoms with Crippen LogP contribution in [0.4, 0.5) is 5.13 Å². The molecule has 0 fully saturated rings. The predicted molar refractivity (Wildman–Crippen MR) is 85.2 cm³/mol. The molecular formula is C15H22N4S. The Morgan fingerprint density at radius 1 is 1.30 bits per heavy atom. The van der Waals surface area contributed by atoms with Crippen molar-refractivity contribution in [3.8, 4) is 0 Å². The highest BCUT2D eigenvalue weighted by Gasteiger charge is 2.09. The van der Waals surface area contributed by atoms with Crippen molar-refractivity contribution in [2.75, 3.05) is 18.0 Å². The zero-order valence-electron chi connectivity index (χ0n) is 12.3. The molecule has 20 heavy (non-hydrogen) atoms. The van der Waals surface area contributed by atoms with E-state index in [2.05, 4.69) is 47.0 Å². The first-order valence-corrected chi connectivity index (χ1v) is 7.89. The van der Waals surface area contributed by atoms with Gasteiger partial charge in [-0.3, -0.25) is 4.98 Å². The Balaban J connectivity index is 1.91. The van der Waals surface area contributed by atoms with Gasteiger partial charge in [-0.05, 0) is 32.4 Å². The third kappa shape index (κ3) is 3.77. The van der Waals surface area contributed by atoms with Gasteiger partial charge in [0.05, 0.1) is 0 Å². The maximum atomic E-state index is 4.50. The number of aromatic nitrogens is 2. The molecule has 0 amide bonds. The normalized spacial score (nSPS) is 12.3. The summed E-state index contributed by atoms with van der Waals surface area (Å²) < 4.78 is 0. The summed E-state index contributed by atoms with van der Waals surface area (Å²) in [5, 5.41) is 4.63. The smallest absolute Gasteiger partial charge is 0.185 e. The first-order chi connectivity index (χ1) is 9.74. The second-order valence-corrected chi connectivity index (χ2v) is 5.76. The lowest BCUT2D eigenvalue weighted by Gasteiger charge is -2.16. The molecule has 0 bridgehead atoms. The minimum Gasteiger partial charge on any atom is -0.349 e. The topological polar surface area (TPSA) is 41.1 Å². The van der Waals surface area contributed by atoms with Crippen LogP contribution < -0.4 is 10.2 Å². The first kappa shape index (κ1) is 14.9. The summed E-state index contributed by atoms with van der Waals surface area (Å²) in [5.74, 6) is 0. The summed E-state index contributed by atoms with van der Waals surface area (Å²) in [5.41, 5.74) is 1.21. The SMILES string of the molecule is CCN(CC)c1ncc(CN[C@@H](C)c2cccnc2)s1. The number of hydrogen-bond donors (Lipinski definition) is 1. The summed E-state index contributed by atoms with van der Waals surface area (Å²) in [6.07, 6.45) is 5.68. The van der Waals surface area contributed by atoms with Crippen molar-refractivity contribution in [3.63, 3.8) is 0 Å². The van der Waals surface area contributed by atoms with Gasteiger partial charge in [-0.15, -0.1) is 11.3 Å². The average molecular weight is 290 g/mol. The molecule has 108 valence electrons. The van der Waals surface area contributed by atoms with Gasteiger partial charge in [0.25, 0.3) is 0 Å². The van der Waals surface area contributed by atoms with Gasteiger partial charge in [0.2, 0.25) is 0 Å². The van der Waals surface area contributed by atoms with E-state index in [0.29, 0.717) is 6.04 Å². The predicted octanol–water partition coefficient (Wildman–Crippen LogP) is 3.24. The Hall–Kier alpha value is -1.46. The van der Waals surface area contributed by atoms with E-state index in [1.165, 1.54) is 10.4 Å². The van der Waals surface area contributed by atoms with Gasteiger partial charge in [0.1, 0.15) is 0 Å². The fourth-order valence-electron chi connectivity index (χ4n) is 2.02. The van der Waals surface area contributed by atoms with E-state index >= 15 is 0 Å². The lowest BCUT2D eigenvalue weighted by Crippen LogP contribution is -2.21. The van der Waals surface area contributed by atoms with Crippen molar-refractivity contribution in [1.29, 1.82) is 0 Å². The Labute approximate surface area is 124 Å². The summed E-state index contributed by atoms with van der Waals surface area (Å²) in [7, 11) is 0. The van der Waals surface area contributed by atoms with Crippen LogP contribution in [-0.2, 0) is 6.54 Å². The molecule has 0 aliphatic carbocycles. The zero-order valence-corrected chi connectivity index (χ0v) is 13.2. The third-order valence-corrected chi connectivity index (χ3v) is 4.40. The van der Waals surface area contributed by atoms with Crippen molar-refractivity contribution in [2.24, 2.45) is 0 Å². The molecule has 2 heterocycles.